The van der Waals surface area contributed by atoms with Crippen LogP contribution in [-0.2, 0) is 27.8 Å². The number of rotatable bonds is 8. The van der Waals surface area contributed by atoms with Crippen molar-refractivity contribution in [1.29, 1.82) is 0 Å². The van der Waals surface area contributed by atoms with Gasteiger partial charge < -0.3 is 14.7 Å². The molecule has 1 saturated carbocycles. The number of aryl methyl sites for hydroxylation is 1. The van der Waals surface area contributed by atoms with E-state index in [0.717, 1.165) is 38.9 Å². The van der Waals surface area contributed by atoms with Crippen molar-refractivity contribution in [2.75, 3.05) is 0 Å². The number of aliphatic hydroxyl groups is 1. The summed E-state index contributed by atoms with van der Waals surface area (Å²) in [6, 6.07) is 23.6. The molecule has 0 spiro atoms. The normalized spacial score (nSPS) is 19.2. The molecule has 0 saturated heterocycles. The molecule has 38 heavy (non-hydrogen) atoms. The van der Waals surface area contributed by atoms with Crippen LogP contribution in [0.25, 0.3) is 22.5 Å². The van der Waals surface area contributed by atoms with E-state index >= 15 is 0 Å². The summed E-state index contributed by atoms with van der Waals surface area (Å²) in [5, 5.41) is 24.2. The Bertz CT molecular complexity index is 1510. The third kappa shape index (κ3) is 4.25. The van der Waals surface area contributed by atoms with Crippen LogP contribution in [-0.4, -0.2) is 33.2 Å². The number of hydrogen-bond acceptors (Lipinski definition) is 5. The molecule has 1 aromatic heterocycles. The lowest BCUT2D eigenvalue weighted by atomic mass is 9.91. The smallest absolute Gasteiger partial charge is 0.314 e. The maximum absolute atomic E-state index is 13.1. The number of carbonyl (C=O) groups excluding carboxylic acids is 1. The minimum atomic E-state index is -0.754. The fraction of sp³-hybridized carbons (Fsp3) is 0.281. The molecule has 2 aliphatic carbocycles. The molecule has 0 radical (unpaired) electrons. The quantitative estimate of drug-likeness (QED) is 0.320. The molecule has 6 nitrogen and oxygen atoms in total. The van der Waals surface area contributed by atoms with E-state index < -0.39 is 17.5 Å². The zero-order valence-electron chi connectivity index (χ0n) is 21.2. The van der Waals surface area contributed by atoms with Gasteiger partial charge in [-0.15, -0.1) is 0 Å². The molecule has 2 atom stereocenters. The number of benzene rings is 3. The molecule has 1 heterocycles. The van der Waals surface area contributed by atoms with Crippen LogP contribution in [0.1, 0.15) is 53.1 Å². The second kappa shape index (κ2) is 9.37. The molecule has 6 rings (SSSR count). The second-order valence-electron chi connectivity index (χ2n) is 10.6. The van der Waals surface area contributed by atoms with Gasteiger partial charge in [0.05, 0.1) is 17.2 Å². The molecule has 1 fully saturated rings. The van der Waals surface area contributed by atoms with E-state index in [1.165, 1.54) is 0 Å². The molecule has 6 heteroatoms. The van der Waals surface area contributed by atoms with Crippen molar-refractivity contribution < 1.29 is 24.3 Å². The average molecular weight is 508 g/mol. The number of aliphatic hydroxyl groups excluding tert-OH is 1. The molecular formula is C32H29NO5. The molecule has 2 N–H and O–H groups in total. The lowest BCUT2D eigenvalue weighted by Crippen LogP contribution is -2.19. The highest BCUT2D eigenvalue weighted by Crippen LogP contribution is 2.48. The average Bonchev–Trinajstić information content (AvgIpc) is 3.59. The Hall–Kier alpha value is -4.03. The van der Waals surface area contributed by atoms with Crippen LogP contribution >= 0.6 is 0 Å². The Balaban J connectivity index is 1.18. The zero-order valence-corrected chi connectivity index (χ0v) is 21.2. The standard InChI is InChI=1S/C32H29NO5/c1-19-27(17-25(34)18-28-26-5-3-2-4-23(26)16-29(28)35)30(38-33-19)22-8-6-20(7-9-22)21-10-12-24(13-11-21)32(14-15-32)31(36)37/h2-13,28-29,35H,14-18H2,1H3,(H,36,37)/t28-,29+/m0/s1. The van der Waals surface area contributed by atoms with Crippen molar-refractivity contribution >= 4 is 11.8 Å². The third-order valence-electron chi connectivity index (χ3n) is 8.23. The summed E-state index contributed by atoms with van der Waals surface area (Å²) in [6.45, 7) is 1.84. The molecule has 4 aromatic rings. The SMILES string of the molecule is Cc1noc(-c2ccc(-c3ccc(C4(C(=O)O)CC4)cc3)cc2)c1CC(=O)C[C@H]1c2ccccc2C[C@H]1O. The number of Topliss-reactive ketones (excluding diaryl/α,β-unsaturated/α-hetero) is 1. The lowest BCUT2D eigenvalue weighted by Gasteiger charge is -2.15. The first kappa shape index (κ1) is 24.3. The highest BCUT2D eigenvalue weighted by Gasteiger charge is 2.51. The Morgan fingerprint density at radius 2 is 1.58 bits per heavy atom. The monoisotopic (exact) mass is 507 g/mol. The summed E-state index contributed by atoms with van der Waals surface area (Å²) >= 11 is 0. The topological polar surface area (TPSA) is 101 Å². The van der Waals surface area contributed by atoms with E-state index in [1.54, 1.807) is 0 Å². The first-order valence-electron chi connectivity index (χ1n) is 13.0. The van der Waals surface area contributed by atoms with Gasteiger partial charge in [-0.3, -0.25) is 9.59 Å². The van der Waals surface area contributed by atoms with Crippen molar-refractivity contribution in [1.82, 2.24) is 5.16 Å². The van der Waals surface area contributed by atoms with Crippen molar-refractivity contribution in [3.8, 4) is 22.5 Å². The van der Waals surface area contributed by atoms with Gasteiger partial charge in [0.25, 0.3) is 0 Å². The summed E-state index contributed by atoms with van der Waals surface area (Å²) in [6.07, 6.45) is 1.89. The maximum atomic E-state index is 13.1. The molecule has 0 unspecified atom stereocenters. The van der Waals surface area contributed by atoms with Crippen LogP contribution in [0, 0.1) is 6.92 Å². The first-order chi connectivity index (χ1) is 18.4. The predicted molar refractivity (Wildman–Crippen MR) is 143 cm³/mol. The number of ketones is 1. The van der Waals surface area contributed by atoms with Crippen LogP contribution in [0.15, 0.2) is 77.3 Å². The van der Waals surface area contributed by atoms with Gasteiger partial charge >= 0.3 is 5.97 Å². The summed E-state index contributed by atoms with van der Waals surface area (Å²) < 4.78 is 5.65. The van der Waals surface area contributed by atoms with E-state index in [1.807, 2.05) is 79.7 Å². The third-order valence-corrected chi connectivity index (χ3v) is 8.23. The van der Waals surface area contributed by atoms with E-state index in [4.69, 9.17) is 4.52 Å². The largest absolute Gasteiger partial charge is 0.481 e. The van der Waals surface area contributed by atoms with Gasteiger partial charge in [-0.1, -0.05) is 78.0 Å². The first-order valence-corrected chi connectivity index (χ1v) is 13.0. The number of nitrogens with zero attached hydrogens (tertiary/aromatic N) is 1. The summed E-state index contributed by atoms with van der Waals surface area (Å²) in [4.78, 5) is 24.7. The highest BCUT2D eigenvalue weighted by atomic mass is 16.5. The number of aromatic nitrogens is 1. The van der Waals surface area contributed by atoms with E-state index in [2.05, 4.69) is 5.16 Å². The Kier molecular flexibility index (Phi) is 6.00. The van der Waals surface area contributed by atoms with Crippen LogP contribution in [0.2, 0.25) is 0 Å². The zero-order chi connectivity index (χ0) is 26.4. The van der Waals surface area contributed by atoms with Gasteiger partial charge in [0.15, 0.2) is 5.76 Å². The summed E-state index contributed by atoms with van der Waals surface area (Å²) in [5.41, 5.74) is 6.62. The number of carboxylic acids is 1. The van der Waals surface area contributed by atoms with Gasteiger partial charge in [0.2, 0.25) is 0 Å². The van der Waals surface area contributed by atoms with Gasteiger partial charge in [0.1, 0.15) is 5.78 Å². The number of fused-ring (bicyclic) bond motifs is 1. The highest BCUT2D eigenvalue weighted by molar-refractivity contribution is 5.86. The van der Waals surface area contributed by atoms with Gasteiger partial charge in [-0.25, -0.2) is 0 Å². The van der Waals surface area contributed by atoms with E-state index in [-0.39, 0.29) is 24.5 Å². The van der Waals surface area contributed by atoms with Crippen LogP contribution in [0.5, 0.6) is 0 Å². The van der Waals surface area contributed by atoms with Crippen molar-refractivity contribution in [3.63, 3.8) is 0 Å². The maximum Gasteiger partial charge on any atom is 0.314 e. The molecule has 0 amide bonds. The Morgan fingerprint density at radius 1 is 0.947 bits per heavy atom. The summed E-state index contributed by atoms with van der Waals surface area (Å²) in [5.74, 6) is -0.305. The lowest BCUT2D eigenvalue weighted by molar-refractivity contribution is -0.140. The number of hydrogen-bond donors (Lipinski definition) is 2. The Labute approximate surface area is 220 Å². The number of carboxylic acid groups (broad SMARTS) is 1. The number of aliphatic carboxylic acids is 1. The van der Waals surface area contributed by atoms with Crippen LogP contribution in [0.4, 0.5) is 0 Å². The molecule has 0 aliphatic heterocycles. The van der Waals surface area contributed by atoms with Crippen molar-refractivity contribution in [2.45, 2.75) is 56.5 Å². The van der Waals surface area contributed by atoms with Gasteiger partial charge in [-0.05, 0) is 54.0 Å². The fourth-order valence-electron chi connectivity index (χ4n) is 5.79. The summed E-state index contributed by atoms with van der Waals surface area (Å²) in [7, 11) is 0. The van der Waals surface area contributed by atoms with Gasteiger partial charge in [-0.2, -0.15) is 0 Å². The molecule has 0 bridgehead atoms. The van der Waals surface area contributed by atoms with Crippen LogP contribution in [0.3, 0.4) is 0 Å². The van der Waals surface area contributed by atoms with E-state index in [9.17, 15) is 19.8 Å². The fourth-order valence-corrected chi connectivity index (χ4v) is 5.79. The van der Waals surface area contributed by atoms with Gasteiger partial charge in [0, 0.05) is 29.9 Å². The molecule has 192 valence electrons. The predicted octanol–water partition coefficient (Wildman–Crippen LogP) is 5.64. The Morgan fingerprint density at radius 3 is 2.24 bits per heavy atom. The second-order valence-corrected chi connectivity index (χ2v) is 10.6. The molecule has 3 aromatic carbocycles. The van der Waals surface area contributed by atoms with Crippen molar-refractivity contribution in [2.24, 2.45) is 0 Å². The number of carbonyl (C=O) groups is 2. The minimum Gasteiger partial charge on any atom is -0.481 e. The molecular weight excluding hydrogens is 478 g/mol. The van der Waals surface area contributed by atoms with Crippen molar-refractivity contribution in [3.05, 3.63) is 101 Å². The molecule has 2 aliphatic rings. The van der Waals surface area contributed by atoms with E-state index in [0.29, 0.717) is 30.7 Å². The van der Waals surface area contributed by atoms with Crippen LogP contribution < -0.4 is 0 Å². The minimum absolute atomic E-state index is 0.0461.